The summed E-state index contributed by atoms with van der Waals surface area (Å²) in [4.78, 5) is 3.27. The van der Waals surface area contributed by atoms with Gasteiger partial charge in [-0.2, -0.15) is 0 Å². The summed E-state index contributed by atoms with van der Waals surface area (Å²) in [5, 5.41) is 0. The van der Waals surface area contributed by atoms with Crippen molar-refractivity contribution in [3.8, 4) is 0 Å². The molecule has 0 radical (unpaired) electrons. The number of rotatable bonds is 6. The van der Waals surface area contributed by atoms with E-state index in [2.05, 4.69) is 17.1 Å². The Bertz CT molecular complexity index is 658. The number of hydrogen-bond donors (Lipinski definition) is 0. The second-order valence-corrected chi connectivity index (χ2v) is 8.40. The topological polar surface area (TPSA) is 20.3 Å². The van der Waals surface area contributed by atoms with Crippen LogP contribution in [0.1, 0.15) is 31.2 Å². The number of benzene rings is 1. The summed E-state index contributed by atoms with van der Waals surface area (Å²) in [5.74, 6) is 0.0957. The van der Waals surface area contributed by atoms with Gasteiger partial charge in [-0.15, -0.1) is 0 Å². The van der Waals surface area contributed by atoms with E-state index in [1.165, 1.54) is 18.2 Å². The molecule has 0 aromatic heterocycles. The van der Waals surface area contributed by atoms with Crippen molar-refractivity contribution in [3.05, 3.63) is 58.5 Å². The van der Waals surface area contributed by atoms with Gasteiger partial charge in [-0.1, -0.05) is 24.3 Å². The normalized spacial score (nSPS) is 20.5. The highest BCUT2D eigenvalue weighted by atomic mass is 32.2. The van der Waals surface area contributed by atoms with Gasteiger partial charge in [0, 0.05) is 22.8 Å². The van der Waals surface area contributed by atoms with Gasteiger partial charge in [0.2, 0.25) is 0 Å². The van der Waals surface area contributed by atoms with Gasteiger partial charge < -0.3 is 4.90 Å². The zero-order valence-electron chi connectivity index (χ0n) is 14.4. The molecule has 1 aliphatic heterocycles. The first-order valence-electron chi connectivity index (χ1n) is 9.04. The third-order valence-electron chi connectivity index (χ3n) is 5.08. The first-order chi connectivity index (χ1) is 12.1. The summed E-state index contributed by atoms with van der Waals surface area (Å²) in [6, 6.07) is 4.07. The minimum Gasteiger partial charge on any atom is -0.302 e. The Morgan fingerprint density at radius 1 is 1.12 bits per heavy atom. The van der Waals surface area contributed by atoms with E-state index >= 15 is 0 Å². The minimum atomic E-state index is -0.921. The predicted molar refractivity (Wildman–Crippen MR) is 98.7 cm³/mol. The molecule has 2 nitrogen and oxygen atoms in total. The second kappa shape index (κ2) is 8.86. The molecular weight excluding hydrogens is 340 g/mol. The van der Waals surface area contributed by atoms with E-state index in [0.717, 1.165) is 50.2 Å². The van der Waals surface area contributed by atoms with E-state index in [1.54, 1.807) is 0 Å². The van der Waals surface area contributed by atoms with Crippen molar-refractivity contribution < 1.29 is 13.0 Å². The quantitative estimate of drug-likeness (QED) is 0.753. The van der Waals surface area contributed by atoms with Crippen molar-refractivity contribution in [3.63, 3.8) is 0 Å². The molecule has 0 N–H and O–H groups in total. The molecular formula is C20H25F2NOS. The summed E-state index contributed by atoms with van der Waals surface area (Å²) in [6.45, 7) is 2.64. The van der Waals surface area contributed by atoms with Crippen LogP contribution in [0, 0.1) is 17.6 Å². The molecule has 0 saturated carbocycles. The lowest BCUT2D eigenvalue weighted by Gasteiger charge is -2.32. The summed E-state index contributed by atoms with van der Waals surface area (Å²) in [7, 11) is -0.921. The number of allylic oxidation sites excluding steroid dienone is 3. The van der Waals surface area contributed by atoms with Gasteiger partial charge in [-0.25, -0.2) is 8.78 Å². The van der Waals surface area contributed by atoms with Crippen LogP contribution in [-0.4, -0.2) is 34.5 Å². The van der Waals surface area contributed by atoms with Crippen molar-refractivity contribution in [1.29, 1.82) is 0 Å². The van der Waals surface area contributed by atoms with Gasteiger partial charge in [-0.05, 0) is 63.2 Å². The molecule has 1 atom stereocenters. The first-order valence-corrected chi connectivity index (χ1v) is 10.4. The molecule has 1 heterocycles. The van der Waals surface area contributed by atoms with Crippen LogP contribution < -0.4 is 0 Å². The van der Waals surface area contributed by atoms with Crippen molar-refractivity contribution >= 4 is 10.8 Å². The highest BCUT2D eigenvalue weighted by Crippen LogP contribution is 2.24. The van der Waals surface area contributed by atoms with E-state index in [9.17, 15) is 13.0 Å². The average molecular weight is 365 g/mol. The molecule has 0 spiro atoms. The van der Waals surface area contributed by atoms with E-state index in [0.29, 0.717) is 18.1 Å². The maximum absolute atomic E-state index is 13.8. The number of piperidine rings is 1. The first kappa shape index (κ1) is 18.5. The molecule has 25 heavy (non-hydrogen) atoms. The zero-order chi connectivity index (χ0) is 17.6. The lowest BCUT2D eigenvalue weighted by molar-refractivity contribution is 0.192. The molecule has 3 rings (SSSR count). The minimum absolute atomic E-state index is 0.220. The fourth-order valence-corrected chi connectivity index (χ4v) is 4.73. The van der Waals surface area contributed by atoms with Crippen molar-refractivity contribution in [1.82, 2.24) is 4.90 Å². The highest BCUT2D eigenvalue weighted by molar-refractivity contribution is 7.89. The van der Waals surface area contributed by atoms with Crippen LogP contribution in [0.2, 0.25) is 0 Å². The smallest absolute Gasteiger partial charge is 0.129 e. The summed E-state index contributed by atoms with van der Waals surface area (Å²) in [6.07, 6.45) is 10.5. The van der Waals surface area contributed by atoms with Gasteiger partial charge in [0.25, 0.3) is 0 Å². The second-order valence-electron chi connectivity index (χ2n) is 6.83. The molecule has 1 unspecified atom stereocenters. The molecule has 0 amide bonds. The van der Waals surface area contributed by atoms with Crippen LogP contribution in [0.4, 0.5) is 8.78 Å². The molecule has 1 aromatic rings. The van der Waals surface area contributed by atoms with Crippen LogP contribution in [0.3, 0.4) is 0 Å². The van der Waals surface area contributed by atoms with Crippen molar-refractivity contribution in [2.75, 3.05) is 25.4 Å². The van der Waals surface area contributed by atoms with Crippen LogP contribution in [0.5, 0.6) is 0 Å². The Morgan fingerprint density at radius 2 is 1.84 bits per heavy atom. The lowest BCUT2D eigenvalue weighted by Crippen LogP contribution is -2.37. The van der Waals surface area contributed by atoms with Crippen LogP contribution >= 0.6 is 0 Å². The molecule has 2 aliphatic rings. The molecule has 1 fully saturated rings. The third-order valence-corrected chi connectivity index (χ3v) is 6.46. The number of likely N-dealkylation sites (tertiary alicyclic amines) is 1. The van der Waals surface area contributed by atoms with Gasteiger partial charge in [0.1, 0.15) is 11.6 Å². The van der Waals surface area contributed by atoms with E-state index < -0.39 is 22.4 Å². The number of halogens is 2. The Hall–Kier alpha value is -1.33. The maximum Gasteiger partial charge on any atom is 0.129 e. The maximum atomic E-state index is 13.8. The van der Waals surface area contributed by atoms with E-state index in [4.69, 9.17) is 0 Å². The monoisotopic (exact) mass is 365 g/mol. The van der Waals surface area contributed by atoms with Gasteiger partial charge >= 0.3 is 0 Å². The third kappa shape index (κ3) is 5.08. The zero-order valence-corrected chi connectivity index (χ0v) is 15.2. The van der Waals surface area contributed by atoms with Crippen molar-refractivity contribution in [2.24, 2.45) is 5.92 Å². The van der Waals surface area contributed by atoms with Crippen LogP contribution in [0.15, 0.2) is 41.3 Å². The van der Waals surface area contributed by atoms with E-state index in [-0.39, 0.29) is 5.56 Å². The Morgan fingerprint density at radius 3 is 2.48 bits per heavy atom. The SMILES string of the molecule is O=S(CCN1CCC(Cc2c(F)cccc2F)CC1)C1=CCCC=C1. The van der Waals surface area contributed by atoms with Crippen LogP contribution in [0.25, 0.3) is 0 Å². The fraction of sp³-hybridized carbons (Fsp3) is 0.500. The molecule has 1 aliphatic carbocycles. The highest BCUT2D eigenvalue weighted by Gasteiger charge is 2.22. The standard InChI is InChI=1S/C20H25F2NOS/c21-19-7-4-8-20(22)18(19)15-16-9-11-23(12-10-16)13-14-25(24)17-5-2-1-3-6-17/h2,4-8,16H,1,3,9-15H2. The molecule has 0 bridgehead atoms. The molecule has 1 saturated heterocycles. The van der Waals surface area contributed by atoms with E-state index in [1.807, 2.05) is 6.08 Å². The Balaban J connectivity index is 1.43. The predicted octanol–water partition coefficient (Wildman–Crippen LogP) is 4.20. The Labute approximate surface area is 151 Å². The summed E-state index contributed by atoms with van der Waals surface area (Å²) < 4.78 is 39.8. The lowest BCUT2D eigenvalue weighted by atomic mass is 9.90. The Kier molecular flexibility index (Phi) is 6.54. The summed E-state index contributed by atoms with van der Waals surface area (Å²) in [5.41, 5.74) is 0.220. The molecule has 136 valence electrons. The van der Waals surface area contributed by atoms with Gasteiger partial charge in [0.05, 0.1) is 10.8 Å². The van der Waals surface area contributed by atoms with Gasteiger partial charge in [0.15, 0.2) is 0 Å². The average Bonchev–Trinajstić information content (AvgIpc) is 2.64. The van der Waals surface area contributed by atoms with Gasteiger partial charge in [-0.3, -0.25) is 4.21 Å². The largest absolute Gasteiger partial charge is 0.302 e. The number of nitrogens with zero attached hydrogens (tertiary/aromatic N) is 1. The van der Waals surface area contributed by atoms with Crippen LogP contribution in [-0.2, 0) is 17.2 Å². The molecule has 1 aromatic carbocycles. The molecule has 5 heteroatoms. The summed E-state index contributed by atoms with van der Waals surface area (Å²) >= 11 is 0. The fourth-order valence-electron chi connectivity index (χ4n) is 3.52. The van der Waals surface area contributed by atoms with Crippen molar-refractivity contribution in [2.45, 2.75) is 32.1 Å². The number of hydrogen-bond acceptors (Lipinski definition) is 2.